The maximum atomic E-state index is 5.99. The minimum atomic E-state index is 0.209. The summed E-state index contributed by atoms with van der Waals surface area (Å²) in [5, 5.41) is 0. The number of ether oxygens (including phenoxy) is 1. The van der Waals surface area contributed by atoms with Crippen LogP contribution < -0.4 is 5.73 Å². The highest BCUT2D eigenvalue weighted by molar-refractivity contribution is 5.81. The van der Waals surface area contributed by atoms with Gasteiger partial charge in [0.1, 0.15) is 0 Å². The fraction of sp³-hybridized carbons (Fsp3) is 0.917. The van der Waals surface area contributed by atoms with E-state index in [1.165, 1.54) is 25.7 Å². The summed E-state index contributed by atoms with van der Waals surface area (Å²) in [5.41, 5.74) is 6.20. The van der Waals surface area contributed by atoms with Crippen molar-refractivity contribution >= 4 is 5.96 Å². The molecule has 2 aliphatic rings. The number of nitrogens with two attached hydrogens (primary N) is 1. The Morgan fingerprint density at radius 2 is 2.44 bits per heavy atom. The fourth-order valence-electron chi connectivity index (χ4n) is 3.20. The highest BCUT2D eigenvalue weighted by Gasteiger charge is 2.44. The van der Waals surface area contributed by atoms with Crippen LogP contribution in [0.15, 0.2) is 4.99 Å². The summed E-state index contributed by atoms with van der Waals surface area (Å²) in [7, 11) is 1.74. The van der Waals surface area contributed by atoms with Crippen molar-refractivity contribution in [3.05, 3.63) is 0 Å². The fourth-order valence-corrected chi connectivity index (χ4v) is 3.20. The number of aliphatic imine (C=N–C) groups is 1. The molecule has 92 valence electrons. The average Bonchev–Trinajstić information content (AvgIpc) is 2.53. The summed E-state index contributed by atoms with van der Waals surface area (Å²) >= 11 is 0. The van der Waals surface area contributed by atoms with Gasteiger partial charge in [0, 0.05) is 13.7 Å². The van der Waals surface area contributed by atoms with E-state index in [-0.39, 0.29) is 5.54 Å². The predicted molar refractivity (Wildman–Crippen MR) is 65.4 cm³/mol. The van der Waals surface area contributed by atoms with Crippen molar-refractivity contribution in [3.63, 3.8) is 0 Å². The van der Waals surface area contributed by atoms with Crippen molar-refractivity contribution in [3.8, 4) is 0 Å². The van der Waals surface area contributed by atoms with Crippen molar-refractivity contribution in [2.45, 2.75) is 38.1 Å². The van der Waals surface area contributed by atoms with Gasteiger partial charge in [0.2, 0.25) is 0 Å². The number of guanidine groups is 1. The van der Waals surface area contributed by atoms with Crippen molar-refractivity contribution in [1.29, 1.82) is 0 Å². The van der Waals surface area contributed by atoms with Gasteiger partial charge in [-0.2, -0.15) is 0 Å². The second-order valence-electron chi connectivity index (χ2n) is 5.24. The molecule has 1 saturated carbocycles. The molecule has 1 spiro atoms. The van der Waals surface area contributed by atoms with Crippen LogP contribution >= 0.6 is 0 Å². The van der Waals surface area contributed by atoms with Crippen LogP contribution in [0.3, 0.4) is 0 Å². The smallest absolute Gasteiger partial charge is 0.191 e. The summed E-state index contributed by atoms with van der Waals surface area (Å²) in [5.74, 6) is 1.51. The Balaban J connectivity index is 2.07. The van der Waals surface area contributed by atoms with E-state index < -0.39 is 0 Å². The van der Waals surface area contributed by atoms with Crippen LogP contribution in [-0.4, -0.2) is 43.2 Å². The van der Waals surface area contributed by atoms with Crippen LogP contribution in [0.25, 0.3) is 0 Å². The van der Waals surface area contributed by atoms with Crippen LogP contribution in [-0.2, 0) is 4.74 Å². The van der Waals surface area contributed by atoms with E-state index in [4.69, 9.17) is 10.5 Å². The van der Waals surface area contributed by atoms with Gasteiger partial charge in [-0.25, -0.2) is 0 Å². The Morgan fingerprint density at radius 3 is 3.12 bits per heavy atom. The molecule has 2 N–H and O–H groups in total. The molecule has 0 saturated heterocycles. The standard InChI is InChI=1S/C12H23N3O/c1-10-4-3-5-12(8-10)9-14-11(13)15(12)6-7-16-2/h10H,3-9H2,1-2H3,(H2,13,14). The van der Waals surface area contributed by atoms with Crippen LogP contribution in [0.5, 0.6) is 0 Å². The van der Waals surface area contributed by atoms with Crippen LogP contribution in [0.4, 0.5) is 0 Å². The summed E-state index contributed by atoms with van der Waals surface area (Å²) in [6.45, 7) is 4.82. The quantitative estimate of drug-likeness (QED) is 0.785. The summed E-state index contributed by atoms with van der Waals surface area (Å²) in [6, 6.07) is 0. The molecule has 2 rings (SSSR count). The van der Waals surface area contributed by atoms with Crippen molar-refractivity contribution in [1.82, 2.24) is 4.90 Å². The molecule has 0 aromatic heterocycles. The number of hydrogen-bond donors (Lipinski definition) is 1. The minimum absolute atomic E-state index is 0.209. The van der Waals surface area contributed by atoms with Gasteiger partial charge in [-0.3, -0.25) is 4.99 Å². The lowest BCUT2D eigenvalue weighted by Gasteiger charge is -2.44. The van der Waals surface area contributed by atoms with Gasteiger partial charge >= 0.3 is 0 Å². The van der Waals surface area contributed by atoms with Crippen molar-refractivity contribution in [2.75, 3.05) is 26.8 Å². The molecule has 1 fully saturated rings. The third kappa shape index (κ3) is 2.03. The number of hydrogen-bond acceptors (Lipinski definition) is 4. The van der Waals surface area contributed by atoms with Gasteiger partial charge in [-0.1, -0.05) is 19.8 Å². The molecule has 0 aromatic carbocycles. The third-order valence-electron chi connectivity index (χ3n) is 3.97. The molecule has 4 heteroatoms. The largest absolute Gasteiger partial charge is 0.383 e. The molecule has 0 aromatic rings. The van der Waals surface area contributed by atoms with Gasteiger partial charge in [-0.15, -0.1) is 0 Å². The predicted octanol–water partition coefficient (Wildman–Crippen LogP) is 1.21. The Labute approximate surface area is 97.9 Å². The second-order valence-corrected chi connectivity index (χ2v) is 5.24. The molecule has 4 nitrogen and oxygen atoms in total. The maximum Gasteiger partial charge on any atom is 0.191 e. The SMILES string of the molecule is COCCN1C(N)=NCC12CCCC(C)C2. The Bertz CT molecular complexity index is 279. The third-order valence-corrected chi connectivity index (χ3v) is 3.97. The van der Waals surface area contributed by atoms with Crippen molar-refractivity contribution < 1.29 is 4.74 Å². The van der Waals surface area contributed by atoms with E-state index in [1.807, 2.05) is 0 Å². The minimum Gasteiger partial charge on any atom is -0.383 e. The van der Waals surface area contributed by atoms with E-state index in [0.717, 1.165) is 25.6 Å². The Morgan fingerprint density at radius 1 is 1.62 bits per heavy atom. The van der Waals surface area contributed by atoms with Crippen LogP contribution in [0.1, 0.15) is 32.6 Å². The summed E-state index contributed by atoms with van der Waals surface area (Å²) < 4.78 is 5.16. The molecule has 0 radical (unpaired) electrons. The zero-order chi connectivity index (χ0) is 11.6. The number of rotatable bonds is 3. The highest BCUT2D eigenvalue weighted by Crippen LogP contribution is 2.39. The summed E-state index contributed by atoms with van der Waals surface area (Å²) in [6.07, 6.45) is 5.10. The van der Waals surface area contributed by atoms with Crippen LogP contribution in [0, 0.1) is 5.92 Å². The second kappa shape index (κ2) is 4.62. The molecular weight excluding hydrogens is 202 g/mol. The van der Waals surface area contributed by atoms with E-state index in [2.05, 4.69) is 16.8 Å². The first-order valence-electron chi connectivity index (χ1n) is 6.24. The van der Waals surface area contributed by atoms with Gasteiger partial charge in [0.05, 0.1) is 18.7 Å². The monoisotopic (exact) mass is 225 g/mol. The number of nitrogens with zero attached hydrogens (tertiary/aromatic N) is 2. The van der Waals surface area contributed by atoms with Gasteiger partial charge in [0.25, 0.3) is 0 Å². The molecule has 0 amide bonds. The van der Waals surface area contributed by atoms with E-state index in [1.54, 1.807) is 7.11 Å². The summed E-state index contributed by atoms with van der Waals surface area (Å²) in [4.78, 5) is 6.73. The zero-order valence-electron chi connectivity index (χ0n) is 10.4. The first-order valence-corrected chi connectivity index (χ1v) is 6.24. The van der Waals surface area contributed by atoms with Crippen LogP contribution in [0.2, 0.25) is 0 Å². The molecule has 2 unspecified atom stereocenters. The highest BCUT2D eigenvalue weighted by atomic mass is 16.5. The lowest BCUT2D eigenvalue weighted by atomic mass is 9.76. The molecule has 16 heavy (non-hydrogen) atoms. The Kier molecular flexibility index (Phi) is 3.38. The van der Waals surface area contributed by atoms with E-state index >= 15 is 0 Å². The first kappa shape index (κ1) is 11.7. The molecule has 2 atom stereocenters. The van der Waals surface area contributed by atoms with E-state index in [0.29, 0.717) is 5.96 Å². The number of methoxy groups -OCH3 is 1. The molecular formula is C12H23N3O. The molecule has 1 aliphatic carbocycles. The molecule has 1 heterocycles. The normalized spacial score (nSPS) is 34.5. The first-order chi connectivity index (χ1) is 7.68. The maximum absolute atomic E-state index is 5.99. The molecule has 1 aliphatic heterocycles. The van der Waals surface area contributed by atoms with Gasteiger partial charge in [-0.05, 0) is 18.8 Å². The van der Waals surface area contributed by atoms with Crippen molar-refractivity contribution in [2.24, 2.45) is 16.6 Å². The average molecular weight is 225 g/mol. The zero-order valence-corrected chi connectivity index (χ0v) is 10.4. The lowest BCUT2D eigenvalue weighted by Crippen LogP contribution is -2.54. The molecule has 0 bridgehead atoms. The lowest BCUT2D eigenvalue weighted by molar-refractivity contribution is 0.0846. The van der Waals surface area contributed by atoms with E-state index in [9.17, 15) is 0 Å². The topological polar surface area (TPSA) is 50.9 Å². The Hall–Kier alpha value is -0.770. The van der Waals surface area contributed by atoms with Gasteiger partial charge < -0.3 is 15.4 Å². The van der Waals surface area contributed by atoms with Gasteiger partial charge in [0.15, 0.2) is 5.96 Å².